The van der Waals surface area contributed by atoms with Gasteiger partial charge in [-0.15, -0.1) is 0 Å². The van der Waals surface area contributed by atoms with E-state index >= 15 is 0 Å². The van der Waals surface area contributed by atoms with Gasteiger partial charge in [0, 0.05) is 17.8 Å². The second kappa shape index (κ2) is 3.82. The van der Waals surface area contributed by atoms with E-state index < -0.39 is 17.8 Å². The number of imide groups is 1. The van der Waals surface area contributed by atoms with Crippen molar-refractivity contribution in [2.45, 2.75) is 6.92 Å². The van der Waals surface area contributed by atoms with Gasteiger partial charge in [-0.25, -0.2) is 14.7 Å². The third kappa shape index (κ3) is 1.80. The Kier molecular flexibility index (Phi) is 2.47. The number of nitrogens with zero attached hydrogens (tertiary/aromatic N) is 2. The molecule has 0 aliphatic carbocycles. The van der Waals surface area contributed by atoms with Crippen LogP contribution in [0.5, 0.6) is 0 Å². The van der Waals surface area contributed by atoms with Crippen LogP contribution in [0.4, 0.5) is 5.82 Å². The smallest absolute Gasteiger partial charge is 0.335 e. The Morgan fingerprint density at radius 1 is 1.41 bits per heavy atom. The van der Waals surface area contributed by atoms with Gasteiger partial charge in [0.25, 0.3) is 11.8 Å². The minimum absolute atomic E-state index is 0.0213. The highest BCUT2D eigenvalue weighted by atomic mass is 16.4. The van der Waals surface area contributed by atoms with Crippen molar-refractivity contribution in [3.8, 4) is 0 Å². The Morgan fingerprint density at radius 3 is 2.65 bits per heavy atom. The molecule has 2 rings (SSSR count). The maximum Gasteiger partial charge on any atom is 0.335 e. The number of anilines is 1. The normalized spacial score (nSPS) is 15.1. The molecule has 0 bridgehead atoms. The Bertz CT molecular complexity index is 562. The van der Waals surface area contributed by atoms with Crippen molar-refractivity contribution in [1.82, 2.24) is 4.98 Å². The highest BCUT2D eigenvalue weighted by Crippen LogP contribution is 2.20. The third-order valence-corrected chi connectivity index (χ3v) is 2.32. The van der Waals surface area contributed by atoms with Gasteiger partial charge in [0.05, 0.1) is 5.56 Å². The molecule has 0 aromatic carbocycles. The zero-order valence-corrected chi connectivity index (χ0v) is 8.88. The summed E-state index contributed by atoms with van der Waals surface area (Å²) in [4.78, 5) is 38.6. The van der Waals surface area contributed by atoms with Gasteiger partial charge in [0.2, 0.25) is 0 Å². The molecule has 1 N–H and O–H groups in total. The second-order valence-corrected chi connectivity index (χ2v) is 3.51. The fourth-order valence-electron chi connectivity index (χ4n) is 1.48. The van der Waals surface area contributed by atoms with Gasteiger partial charge < -0.3 is 5.11 Å². The van der Waals surface area contributed by atoms with Crippen molar-refractivity contribution in [3.05, 3.63) is 35.5 Å². The molecule has 1 aromatic rings. The van der Waals surface area contributed by atoms with Gasteiger partial charge in [0.1, 0.15) is 5.82 Å². The number of carbonyl (C=O) groups is 3. The number of carboxylic acids is 1. The van der Waals surface area contributed by atoms with Crippen LogP contribution in [0.3, 0.4) is 0 Å². The summed E-state index contributed by atoms with van der Waals surface area (Å²) in [5, 5.41) is 8.81. The van der Waals surface area contributed by atoms with Crippen LogP contribution in [-0.4, -0.2) is 27.9 Å². The molecule has 6 heteroatoms. The summed E-state index contributed by atoms with van der Waals surface area (Å²) in [5.41, 5.74) is 0.276. The predicted molar refractivity (Wildman–Crippen MR) is 57.4 cm³/mol. The molecular weight excluding hydrogens is 224 g/mol. The predicted octanol–water partition coefficient (Wildman–Crippen LogP) is 0.599. The molecule has 1 aromatic heterocycles. The molecular formula is C11H8N2O4. The van der Waals surface area contributed by atoms with E-state index in [0.717, 1.165) is 4.90 Å². The fraction of sp³-hybridized carbons (Fsp3) is 0.0909. The number of carboxylic acid groups (broad SMARTS) is 1. The van der Waals surface area contributed by atoms with E-state index in [1.807, 2.05) is 0 Å². The van der Waals surface area contributed by atoms with E-state index in [1.165, 1.54) is 31.3 Å². The molecule has 2 heterocycles. The van der Waals surface area contributed by atoms with Crippen LogP contribution in [0.1, 0.15) is 17.3 Å². The summed E-state index contributed by atoms with van der Waals surface area (Å²) >= 11 is 0. The number of hydrogen-bond donors (Lipinski definition) is 1. The van der Waals surface area contributed by atoms with Crippen molar-refractivity contribution in [3.63, 3.8) is 0 Å². The first-order chi connectivity index (χ1) is 8.00. The molecule has 86 valence electrons. The van der Waals surface area contributed by atoms with Gasteiger partial charge in [-0.05, 0) is 19.1 Å². The van der Waals surface area contributed by atoms with Crippen molar-refractivity contribution >= 4 is 23.6 Å². The Labute approximate surface area is 96.2 Å². The molecule has 1 aliphatic rings. The number of rotatable bonds is 2. The maximum absolute atomic E-state index is 11.6. The average molecular weight is 232 g/mol. The Hall–Kier alpha value is -2.50. The van der Waals surface area contributed by atoms with E-state index in [2.05, 4.69) is 4.98 Å². The number of aromatic carboxylic acids is 1. The van der Waals surface area contributed by atoms with Crippen molar-refractivity contribution in [2.24, 2.45) is 0 Å². The largest absolute Gasteiger partial charge is 0.478 e. The lowest BCUT2D eigenvalue weighted by Gasteiger charge is -2.13. The van der Waals surface area contributed by atoms with E-state index in [1.54, 1.807) is 0 Å². The molecule has 0 radical (unpaired) electrons. The van der Waals surface area contributed by atoms with Crippen LogP contribution in [0.25, 0.3) is 0 Å². The first-order valence-corrected chi connectivity index (χ1v) is 4.77. The van der Waals surface area contributed by atoms with Gasteiger partial charge >= 0.3 is 5.97 Å². The number of hydrogen-bond acceptors (Lipinski definition) is 4. The molecule has 1 aliphatic heterocycles. The lowest BCUT2D eigenvalue weighted by Crippen LogP contribution is -2.31. The second-order valence-electron chi connectivity index (χ2n) is 3.51. The van der Waals surface area contributed by atoms with E-state index in [-0.39, 0.29) is 11.4 Å². The molecule has 0 spiro atoms. The number of carbonyl (C=O) groups excluding carboxylic acids is 2. The van der Waals surface area contributed by atoms with Crippen LogP contribution in [-0.2, 0) is 9.59 Å². The summed E-state index contributed by atoms with van der Waals surface area (Å²) < 4.78 is 0. The molecule has 17 heavy (non-hydrogen) atoms. The molecule has 0 saturated heterocycles. The molecule has 0 saturated carbocycles. The number of pyridine rings is 1. The third-order valence-electron chi connectivity index (χ3n) is 2.32. The van der Waals surface area contributed by atoms with Crippen LogP contribution in [0, 0.1) is 0 Å². The Balaban J connectivity index is 2.42. The summed E-state index contributed by atoms with van der Waals surface area (Å²) in [6, 6.07) is 2.47. The zero-order chi connectivity index (χ0) is 12.6. The molecule has 0 fully saturated rings. The highest BCUT2D eigenvalue weighted by Gasteiger charge is 2.31. The van der Waals surface area contributed by atoms with E-state index in [4.69, 9.17) is 5.11 Å². The summed E-state index contributed by atoms with van der Waals surface area (Å²) in [6.45, 7) is 1.52. The van der Waals surface area contributed by atoms with Gasteiger partial charge in [0.15, 0.2) is 0 Å². The molecule has 2 amide bonds. The summed E-state index contributed by atoms with van der Waals surface area (Å²) in [5.74, 6) is -2.11. The van der Waals surface area contributed by atoms with Crippen molar-refractivity contribution < 1.29 is 19.5 Å². The van der Waals surface area contributed by atoms with Crippen LogP contribution in [0.15, 0.2) is 30.0 Å². The first-order valence-electron chi connectivity index (χ1n) is 4.77. The van der Waals surface area contributed by atoms with Crippen molar-refractivity contribution in [1.29, 1.82) is 0 Å². The lowest BCUT2D eigenvalue weighted by atomic mass is 10.2. The van der Waals surface area contributed by atoms with Gasteiger partial charge in [-0.2, -0.15) is 0 Å². The van der Waals surface area contributed by atoms with Crippen LogP contribution < -0.4 is 4.90 Å². The van der Waals surface area contributed by atoms with Crippen LogP contribution in [0.2, 0.25) is 0 Å². The fourth-order valence-corrected chi connectivity index (χ4v) is 1.48. The van der Waals surface area contributed by atoms with Crippen LogP contribution >= 0.6 is 0 Å². The standard InChI is InChI=1S/C11H8N2O4/c1-6-4-9(14)13(10(6)15)8-5-7(11(16)17)2-3-12-8/h2-5H,1H3,(H,16,17). The minimum atomic E-state index is -1.14. The average Bonchev–Trinajstić information content (AvgIpc) is 2.53. The zero-order valence-electron chi connectivity index (χ0n) is 8.88. The molecule has 6 nitrogen and oxygen atoms in total. The molecule has 0 atom stereocenters. The first kappa shape index (κ1) is 11.0. The van der Waals surface area contributed by atoms with Gasteiger partial charge in [-0.1, -0.05) is 0 Å². The Morgan fingerprint density at radius 2 is 2.12 bits per heavy atom. The van der Waals surface area contributed by atoms with E-state index in [0.29, 0.717) is 5.57 Å². The lowest BCUT2D eigenvalue weighted by molar-refractivity contribution is -0.120. The highest BCUT2D eigenvalue weighted by molar-refractivity contribution is 6.30. The summed E-state index contributed by atoms with van der Waals surface area (Å²) in [6.07, 6.45) is 2.43. The minimum Gasteiger partial charge on any atom is -0.478 e. The monoisotopic (exact) mass is 232 g/mol. The quantitative estimate of drug-likeness (QED) is 0.754. The number of amides is 2. The van der Waals surface area contributed by atoms with Gasteiger partial charge in [-0.3, -0.25) is 9.59 Å². The maximum atomic E-state index is 11.6. The number of aromatic nitrogens is 1. The summed E-state index contributed by atoms with van der Waals surface area (Å²) in [7, 11) is 0. The van der Waals surface area contributed by atoms with Crippen molar-refractivity contribution in [2.75, 3.05) is 4.90 Å². The molecule has 0 unspecified atom stereocenters. The topological polar surface area (TPSA) is 87.6 Å². The SMILES string of the molecule is CC1=CC(=O)N(c2cc(C(=O)O)ccn2)C1=O. The van der Waals surface area contributed by atoms with E-state index in [9.17, 15) is 14.4 Å².